The van der Waals surface area contributed by atoms with Crippen molar-refractivity contribution in [3.05, 3.63) is 24.1 Å². The van der Waals surface area contributed by atoms with Crippen LogP contribution in [0.25, 0.3) is 0 Å². The van der Waals surface area contributed by atoms with Crippen molar-refractivity contribution in [1.29, 1.82) is 5.53 Å². The van der Waals surface area contributed by atoms with Gasteiger partial charge >= 0.3 is 0 Å². The Morgan fingerprint density at radius 2 is 2.33 bits per heavy atom. The number of alkyl halides is 2. The first-order chi connectivity index (χ1) is 5.61. The summed E-state index contributed by atoms with van der Waals surface area (Å²) in [4.78, 5) is 0. The molecule has 0 spiro atoms. The number of allylic oxidation sites excluding steroid dienone is 1. The Morgan fingerprint density at radius 1 is 1.75 bits per heavy atom. The van der Waals surface area contributed by atoms with E-state index in [4.69, 9.17) is 5.53 Å². The van der Waals surface area contributed by atoms with Gasteiger partial charge in [0.2, 0.25) is 0 Å². The number of hydrogen-bond acceptors (Lipinski definition) is 3. The highest BCUT2D eigenvalue weighted by atomic mass is 19.3. The topological polar surface area (TPSA) is 45.4 Å². The number of rotatable bonds is 5. The molecule has 0 bridgehead atoms. The molecular formula is C7H10F2N2O. The molecule has 0 saturated heterocycles. The van der Waals surface area contributed by atoms with E-state index in [1.807, 2.05) is 0 Å². The van der Waals surface area contributed by atoms with Gasteiger partial charge in [-0.15, -0.1) is 0 Å². The maximum atomic E-state index is 11.6. The van der Waals surface area contributed by atoms with E-state index in [0.29, 0.717) is 0 Å². The van der Waals surface area contributed by atoms with E-state index >= 15 is 0 Å². The van der Waals surface area contributed by atoms with Crippen LogP contribution in [0, 0.1) is 5.53 Å². The Hall–Kier alpha value is -1.26. The van der Waals surface area contributed by atoms with E-state index in [0.717, 1.165) is 0 Å². The molecule has 12 heavy (non-hydrogen) atoms. The molecule has 0 radical (unpaired) electrons. The molecule has 0 fully saturated rings. The second kappa shape index (κ2) is 5.40. The molecule has 0 aromatic heterocycles. The quantitative estimate of drug-likeness (QED) is 0.390. The third-order valence-electron chi connectivity index (χ3n) is 1.05. The fourth-order valence-corrected chi connectivity index (χ4v) is 0.541. The molecule has 0 rings (SSSR count). The summed E-state index contributed by atoms with van der Waals surface area (Å²) in [6, 6.07) is 0. The van der Waals surface area contributed by atoms with Gasteiger partial charge in [-0.1, -0.05) is 6.58 Å². The van der Waals surface area contributed by atoms with E-state index < -0.39 is 13.0 Å². The highest BCUT2D eigenvalue weighted by Crippen LogP contribution is 2.11. The van der Waals surface area contributed by atoms with Crippen molar-refractivity contribution in [1.82, 2.24) is 0 Å². The van der Waals surface area contributed by atoms with Crippen molar-refractivity contribution < 1.29 is 13.5 Å². The van der Waals surface area contributed by atoms with E-state index in [1.165, 1.54) is 6.08 Å². The Balaban J connectivity index is 4.02. The van der Waals surface area contributed by atoms with E-state index in [9.17, 15) is 8.78 Å². The van der Waals surface area contributed by atoms with Crippen LogP contribution in [0.2, 0.25) is 0 Å². The third kappa shape index (κ3) is 3.80. The third-order valence-corrected chi connectivity index (χ3v) is 1.05. The maximum Gasteiger partial charge on any atom is 0.272 e. The van der Waals surface area contributed by atoms with Crippen LogP contribution in [0.3, 0.4) is 0 Å². The molecule has 0 aliphatic heterocycles. The Labute approximate surface area is 69.2 Å². The molecule has 1 N–H and O–H groups in total. The molecular weight excluding hydrogens is 166 g/mol. The lowest BCUT2D eigenvalue weighted by atomic mass is 10.4. The van der Waals surface area contributed by atoms with Crippen LogP contribution in [-0.4, -0.2) is 13.0 Å². The molecule has 0 saturated carbocycles. The van der Waals surface area contributed by atoms with Crippen LogP contribution in [-0.2, 0) is 4.74 Å². The minimum absolute atomic E-state index is 0.0400. The molecule has 5 heteroatoms. The molecule has 0 heterocycles. The summed E-state index contributed by atoms with van der Waals surface area (Å²) in [5.74, 6) is 0.116. The van der Waals surface area contributed by atoms with Gasteiger partial charge in [0.25, 0.3) is 6.43 Å². The highest BCUT2D eigenvalue weighted by Gasteiger charge is 2.06. The monoisotopic (exact) mass is 176 g/mol. The average Bonchev–Trinajstić information content (AvgIpc) is 2.04. The van der Waals surface area contributed by atoms with Gasteiger partial charge in [-0.25, -0.2) is 14.3 Å². The van der Waals surface area contributed by atoms with Crippen molar-refractivity contribution in [3.8, 4) is 0 Å². The lowest BCUT2D eigenvalue weighted by molar-refractivity contribution is 0.0509. The van der Waals surface area contributed by atoms with E-state index in [1.54, 1.807) is 6.92 Å². The van der Waals surface area contributed by atoms with Crippen molar-refractivity contribution in [2.24, 2.45) is 5.11 Å². The van der Waals surface area contributed by atoms with Gasteiger partial charge in [0, 0.05) is 0 Å². The van der Waals surface area contributed by atoms with Crippen molar-refractivity contribution in [2.75, 3.05) is 6.61 Å². The fourth-order valence-electron chi connectivity index (χ4n) is 0.541. The van der Waals surface area contributed by atoms with Gasteiger partial charge in [0.05, 0.1) is 0 Å². The van der Waals surface area contributed by atoms with Crippen LogP contribution in [0.15, 0.2) is 29.2 Å². The van der Waals surface area contributed by atoms with E-state index in [-0.39, 0.29) is 11.5 Å². The van der Waals surface area contributed by atoms with Crippen LogP contribution in [0.5, 0.6) is 0 Å². The maximum absolute atomic E-state index is 11.6. The lowest BCUT2D eigenvalue weighted by Gasteiger charge is -2.07. The van der Waals surface area contributed by atoms with Crippen molar-refractivity contribution in [3.63, 3.8) is 0 Å². The Kier molecular flexibility index (Phi) is 4.83. The lowest BCUT2D eigenvalue weighted by Crippen LogP contribution is -2.04. The summed E-state index contributed by atoms with van der Waals surface area (Å²) in [7, 11) is 0. The van der Waals surface area contributed by atoms with Crippen LogP contribution in [0.4, 0.5) is 8.78 Å². The minimum atomic E-state index is -2.53. The molecule has 0 unspecified atom stereocenters. The summed E-state index contributed by atoms with van der Waals surface area (Å²) < 4.78 is 27.9. The first kappa shape index (κ1) is 10.7. The molecule has 0 aliphatic carbocycles. The van der Waals surface area contributed by atoms with Crippen molar-refractivity contribution in [2.45, 2.75) is 13.3 Å². The van der Waals surface area contributed by atoms with Gasteiger partial charge in [-0.2, -0.15) is 5.11 Å². The van der Waals surface area contributed by atoms with Gasteiger partial charge in [-0.3, -0.25) is 0 Å². The second-order valence-corrected chi connectivity index (χ2v) is 1.91. The van der Waals surface area contributed by atoms with Crippen LogP contribution in [0.1, 0.15) is 6.92 Å². The summed E-state index contributed by atoms with van der Waals surface area (Å²) >= 11 is 0. The van der Waals surface area contributed by atoms with Crippen molar-refractivity contribution >= 4 is 0 Å². The molecule has 0 aliphatic rings. The first-order valence-electron chi connectivity index (χ1n) is 3.25. The minimum Gasteiger partial charge on any atom is -0.486 e. The molecule has 68 valence electrons. The summed E-state index contributed by atoms with van der Waals surface area (Å²) in [6.45, 7) is 4.22. The molecule has 0 aromatic rings. The smallest absolute Gasteiger partial charge is 0.272 e. The summed E-state index contributed by atoms with van der Waals surface area (Å²) in [6.07, 6.45) is -1.10. The average molecular weight is 176 g/mol. The largest absolute Gasteiger partial charge is 0.486 e. The summed E-state index contributed by atoms with van der Waals surface area (Å²) in [5.41, 5.74) is 6.59. The number of nitrogens with one attached hydrogen (secondary N) is 1. The standard InChI is InChI=1S/C7H10F2N2O/c1-3-6(5(2)11-10)12-4-7(8)9/h3,7,10H,2,4H2,1H3/b6-3+,11-10?. The fraction of sp³-hybridized carbons (Fsp3) is 0.429. The normalized spacial score (nSPS) is 11.5. The SMILES string of the molecule is C=C(N=N)/C(=C\C)OCC(F)F. The number of nitrogens with zero attached hydrogens (tertiary/aromatic N) is 1. The zero-order valence-corrected chi connectivity index (χ0v) is 6.68. The predicted molar refractivity (Wildman–Crippen MR) is 40.0 cm³/mol. The van der Waals surface area contributed by atoms with Gasteiger partial charge < -0.3 is 4.74 Å². The van der Waals surface area contributed by atoms with Gasteiger partial charge in [-0.05, 0) is 13.0 Å². The second-order valence-electron chi connectivity index (χ2n) is 1.91. The molecule has 0 aromatic carbocycles. The van der Waals surface area contributed by atoms with Gasteiger partial charge in [0.1, 0.15) is 18.1 Å². The number of halogens is 2. The molecule has 0 atom stereocenters. The van der Waals surface area contributed by atoms with Crippen LogP contribution >= 0.6 is 0 Å². The predicted octanol–water partition coefficient (Wildman–Crippen LogP) is 2.72. The Bertz CT molecular complexity index is 202. The molecule has 0 amide bonds. The van der Waals surface area contributed by atoms with Gasteiger partial charge in [0.15, 0.2) is 0 Å². The van der Waals surface area contributed by atoms with E-state index in [2.05, 4.69) is 16.4 Å². The Morgan fingerprint density at radius 3 is 2.67 bits per heavy atom. The zero-order valence-electron chi connectivity index (χ0n) is 6.68. The number of hydrogen-bond donors (Lipinski definition) is 1. The molecule has 3 nitrogen and oxygen atoms in total. The number of ether oxygens (including phenoxy) is 1. The highest BCUT2D eigenvalue weighted by molar-refractivity contribution is 5.19. The van der Waals surface area contributed by atoms with Crippen LogP contribution < -0.4 is 0 Å². The zero-order chi connectivity index (χ0) is 9.56. The summed E-state index contributed by atoms with van der Waals surface area (Å²) in [5, 5.41) is 2.95. The first-order valence-corrected chi connectivity index (χ1v) is 3.25.